The van der Waals surface area contributed by atoms with E-state index in [1.165, 1.54) is 6.07 Å². The van der Waals surface area contributed by atoms with Crippen molar-refractivity contribution in [1.29, 1.82) is 0 Å². The normalized spacial score (nSPS) is 17.9. The second kappa shape index (κ2) is 5.91. The Morgan fingerprint density at radius 1 is 1.44 bits per heavy atom. The zero-order valence-corrected chi connectivity index (χ0v) is 11.6. The lowest BCUT2D eigenvalue weighted by Crippen LogP contribution is -2.42. The van der Waals surface area contributed by atoms with E-state index >= 15 is 0 Å². The van der Waals surface area contributed by atoms with E-state index in [1.807, 2.05) is 4.90 Å². The van der Waals surface area contributed by atoms with Crippen LogP contribution in [0.2, 0.25) is 0 Å². The van der Waals surface area contributed by atoms with Gasteiger partial charge in [-0.25, -0.2) is 4.39 Å². The zero-order valence-electron chi connectivity index (χ0n) is 10.0. The molecule has 0 bridgehead atoms. The summed E-state index contributed by atoms with van der Waals surface area (Å²) in [6, 6.07) is 5.02. The first-order valence-corrected chi connectivity index (χ1v) is 6.82. The van der Waals surface area contributed by atoms with Crippen LogP contribution in [0, 0.1) is 5.82 Å². The molecular formula is C13H16BrFN2O. The second-order valence-corrected chi connectivity index (χ2v) is 5.49. The molecule has 3 nitrogen and oxygen atoms in total. The van der Waals surface area contributed by atoms with Gasteiger partial charge < -0.3 is 5.73 Å². The van der Waals surface area contributed by atoms with Crippen molar-refractivity contribution in [3.8, 4) is 0 Å². The van der Waals surface area contributed by atoms with Gasteiger partial charge in [-0.2, -0.15) is 0 Å². The van der Waals surface area contributed by atoms with E-state index in [0.717, 1.165) is 25.9 Å². The molecule has 0 aliphatic carbocycles. The number of piperidine rings is 1. The third-order valence-corrected chi connectivity index (χ3v) is 3.86. The smallest absolute Gasteiger partial charge is 0.179 e. The first-order valence-electron chi connectivity index (χ1n) is 6.03. The predicted octanol–water partition coefficient (Wildman–Crippen LogP) is 2.19. The van der Waals surface area contributed by atoms with Gasteiger partial charge in [0.2, 0.25) is 0 Å². The zero-order chi connectivity index (χ0) is 13.1. The van der Waals surface area contributed by atoms with Crippen LogP contribution >= 0.6 is 15.9 Å². The Bertz CT molecular complexity index is 445. The fourth-order valence-corrected chi connectivity index (χ4v) is 2.48. The fourth-order valence-electron chi connectivity index (χ4n) is 2.12. The Labute approximate surface area is 114 Å². The van der Waals surface area contributed by atoms with E-state index < -0.39 is 5.82 Å². The van der Waals surface area contributed by atoms with Gasteiger partial charge in [0.05, 0.1) is 16.6 Å². The van der Waals surface area contributed by atoms with Gasteiger partial charge in [-0.1, -0.05) is 6.07 Å². The van der Waals surface area contributed by atoms with Gasteiger partial charge in [0.1, 0.15) is 5.82 Å². The molecule has 1 aromatic carbocycles. The van der Waals surface area contributed by atoms with E-state index in [4.69, 9.17) is 5.73 Å². The standard InChI is InChI=1S/C13H16BrFN2O/c14-11-3-1-2-10(13(11)15)12(18)8-17-6-4-9(16)5-7-17/h1-3,9H,4-8,16H2. The van der Waals surface area contributed by atoms with E-state index in [2.05, 4.69) is 15.9 Å². The van der Waals surface area contributed by atoms with Crippen LogP contribution in [-0.2, 0) is 0 Å². The van der Waals surface area contributed by atoms with Crippen LogP contribution in [0.25, 0.3) is 0 Å². The maximum atomic E-state index is 13.8. The average Bonchev–Trinajstić information content (AvgIpc) is 2.35. The fraction of sp³-hybridized carbons (Fsp3) is 0.462. The maximum absolute atomic E-state index is 13.8. The Balaban J connectivity index is 2.01. The summed E-state index contributed by atoms with van der Waals surface area (Å²) in [6.07, 6.45) is 1.79. The highest BCUT2D eigenvalue weighted by Crippen LogP contribution is 2.19. The summed E-state index contributed by atoms with van der Waals surface area (Å²) in [5.41, 5.74) is 5.96. The number of Topliss-reactive ketones (excluding diaryl/α,β-unsaturated/α-hetero) is 1. The van der Waals surface area contributed by atoms with Gasteiger partial charge in [0.25, 0.3) is 0 Å². The maximum Gasteiger partial charge on any atom is 0.179 e. The van der Waals surface area contributed by atoms with Gasteiger partial charge in [-0.05, 0) is 40.9 Å². The summed E-state index contributed by atoms with van der Waals surface area (Å²) >= 11 is 3.09. The van der Waals surface area contributed by atoms with Crippen molar-refractivity contribution in [3.63, 3.8) is 0 Å². The lowest BCUT2D eigenvalue weighted by molar-refractivity contribution is 0.0905. The summed E-state index contributed by atoms with van der Waals surface area (Å²) in [5.74, 6) is -0.652. The molecule has 1 aliphatic rings. The minimum atomic E-state index is -0.476. The van der Waals surface area contributed by atoms with E-state index in [-0.39, 0.29) is 23.9 Å². The molecule has 98 valence electrons. The molecule has 0 saturated carbocycles. The Morgan fingerprint density at radius 2 is 2.11 bits per heavy atom. The summed E-state index contributed by atoms with van der Waals surface area (Å²) in [4.78, 5) is 14.1. The monoisotopic (exact) mass is 314 g/mol. The number of carbonyl (C=O) groups excluding carboxylic acids is 1. The van der Waals surface area contributed by atoms with Crippen molar-refractivity contribution in [1.82, 2.24) is 4.90 Å². The summed E-state index contributed by atoms with van der Waals surface area (Å²) < 4.78 is 14.1. The average molecular weight is 315 g/mol. The van der Waals surface area contributed by atoms with Crippen LogP contribution in [0.5, 0.6) is 0 Å². The molecule has 0 atom stereocenters. The molecule has 2 N–H and O–H groups in total. The van der Waals surface area contributed by atoms with E-state index in [1.54, 1.807) is 12.1 Å². The van der Waals surface area contributed by atoms with E-state index in [9.17, 15) is 9.18 Å². The van der Waals surface area contributed by atoms with Crippen molar-refractivity contribution in [3.05, 3.63) is 34.1 Å². The molecule has 0 unspecified atom stereocenters. The van der Waals surface area contributed by atoms with Crippen LogP contribution in [0.1, 0.15) is 23.2 Å². The van der Waals surface area contributed by atoms with Gasteiger partial charge in [-0.3, -0.25) is 9.69 Å². The van der Waals surface area contributed by atoms with Crippen molar-refractivity contribution in [2.45, 2.75) is 18.9 Å². The van der Waals surface area contributed by atoms with Gasteiger partial charge in [0.15, 0.2) is 5.78 Å². The molecule has 1 aromatic rings. The molecule has 1 heterocycles. The second-order valence-electron chi connectivity index (χ2n) is 4.64. The topological polar surface area (TPSA) is 46.3 Å². The van der Waals surface area contributed by atoms with Crippen LogP contribution < -0.4 is 5.73 Å². The minimum Gasteiger partial charge on any atom is -0.328 e. The summed E-state index contributed by atoms with van der Waals surface area (Å²) in [6.45, 7) is 1.88. The third kappa shape index (κ3) is 3.16. The van der Waals surface area contributed by atoms with Crippen molar-refractivity contribution in [2.24, 2.45) is 5.73 Å². The highest BCUT2D eigenvalue weighted by atomic mass is 79.9. The Hall–Kier alpha value is -0.780. The summed E-state index contributed by atoms with van der Waals surface area (Å²) in [5, 5.41) is 0. The summed E-state index contributed by atoms with van der Waals surface area (Å²) in [7, 11) is 0. The van der Waals surface area contributed by atoms with Gasteiger partial charge >= 0.3 is 0 Å². The number of halogens is 2. The van der Waals surface area contributed by atoms with Crippen molar-refractivity contribution >= 4 is 21.7 Å². The largest absolute Gasteiger partial charge is 0.328 e. The van der Waals surface area contributed by atoms with Crippen LogP contribution in [0.3, 0.4) is 0 Å². The number of hydrogen-bond acceptors (Lipinski definition) is 3. The SMILES string of the molecule is NC1CCN(CC(=O)c2cccc(Br)c2F)CC1. The lowest BCUT2D eigenvalue weighted by atomic mass is 10.0. The molecule has 0 radical (unpaired) electrons. The molecule has 1 aliphatic heterocycles. The molecule has 2 rings (SSSR count). The predicted molar refractivity (Wildman–Crippen MR) is 72.1 cm³/mol. The van der Waals surface area contributed by atoms with Gasteiger partial charge in [-0.15, -0.1) is 0 Å². The molecule has 1 saturated heterocycles. The first-order chi connectivity index (χ1) is 8.58. The van der Waals surface area contributed by atoms with Crippen LogP contribution in [0.15, 0.2) is 22.7 Å². The van der Waals surface area contributed by atoms with Crippen molar-refractivity contribution in [2.75, 3.05) is 19.6 Å². The van der Waals surface area contributed by atoms with Crippen molar-refractivity contribution < 1.29 is 9.18 Å². The lowest BCUT2D eigenvalue weighted by Gasteiger charge is -2.29. The Morgan fingerprint density at radius 3 is 2.78 bits per heavy atom. The van der Waals surface area contributed by atoms with E-state index in [0.29, 0.717) is 4.47 Å². The molecule has 5 heteroatoms. The van der Waals surface area contributed by atoms with Crippen LogP contribution in [-0.4, -0.2) is 36.4 Å². The highest BCUT2D eigenvalue weighted by molar-refractivity contribution is 9.10. The Kier molecular flexibility index (Phi) is 4.48. The highest BCUT2D eigenvalue weighted by Gasteiger charge is 2.21. The first kappa shape index (κ1) is 13.6. The van der Waals surface area contributed by atoms with Crippen LogP contribution in [0.4, 0.5) is 4.39 Å². The molecule has 0 aromatic heterocycles. The number of nitrogens with zero attached hydrogens (tertiary/aromatic N) is 1. The molecule has 18 heavy (non-hydrogen) atoms. The van der Waals surface area contributed by atoms with Gasteiger partial charge in [0, 0.05) is 19.1 Å². The third-order valence-electron chi connectivity index (χ3n) is 3.25. The number of ketones is 1. The number of carbonyl (C=O) groups is 1. The number of nitrogens with two attached hydrogens (primary N) is 1. The molecular weight excluding hydrogens is 299 g/mol. The number of rotatable bonds is 3. The minimum absolute atomic E-state index is 0.152. The number of hydrogen-bond donors (Lipinski definition) is 1. The molecule has 0 spiro atoms. The quantitative estimate of drug-likeness (QED) is 0.870. The number of benzene rings is 1. The number of likely N-dealkylation sites (tertiary alicyclic amines) is 1. The molecule has 0 amide bonds. The molecule has 1 fully saturated rings.